The maximum atomic E-state index is 14.7. The monoisotopic (exact) mass is 478 g/mol. The first kappa shape index (κ1) is 22.6. The summed E-state index contributed by atoms with van der Waals surface area (Å²) in [6, 6.07) is 3.97. The van der Waals surface area contributed by atoms with Gasteiger partial charge in [-0.3, -0.25) is 0 Å². The fraction of sp³-hybridized carbons (Fsp3) is 0.136. The first-order valence-electron chi connectivity index (χ1n) is 9.55. The topological polar surface area (TPSA) is 177 Å². The Bertz CT molecular complexity index is 1320. The predicted octanol–water partition coefficient (Wildman–Crippen LogP) is 2.81. The molecule has 0 aliphatic carbocycles. The minimum Gasteiger partial charge on any atom is -0.508 e. The summed E-state index contributed by atoms with van der Waals surface area (Å²) < 4.78 is 39.9. The van der Waals surface area contributed by atoms with Crippen molar-refractivity contribution in [2.24, 2.45) is 0 Å². The van der Waals surface area contributed by atoms with Crippen LogP contribution in [-0.2, 0) is 11.2 Å². The number of hydrogen-bond donors (Lipinski definition) is 7. The van der Waals surface area contributed by atoms with Crippen LogP contribution >= 0.6 is 0 Å². The Labute approximate surface area is 188 Å². The molecule has 7 N–H and O–H groups in total. The average Bonchev–Trinajstić information content (AvgIpc) is 2.77. The van der Waals surface area contributed by atoms with Crippen molar-refractivity contribution in [3.8, 4) is 46.0 Å². The molecule has 1 aliphatic heterocycles. The number of rotatable bonds is 3. The van der Waals surface area contributed by atoms with Gasteiger partial charge in [-0.1, -0.05) is 0 Å². The first-order valence-corrected chi connectivity index (χ1v) is 9.55. The van der Waals surface area contributed by atoms with E-state index in [0.29, 0.717) is 12.1 Å². The summed E-state index contributed by atoms with van der Waals surface area (Å²) in [7, 11) is 0. The number of ether oxygens (including phenoxy) is 2. The van der Waals surface area contributed by atoms with Crippen LogP contribution in [0.3, 0.4) is 0 Å². The van der Waals surface area contributed by atoms with Gasteiger partial charge in [-0.05, 0) is 6.07 Å². The molecule has 4 rings (SSSR count). The summed E-state index contributed by atoms with van der Waals surface area (Å²) in [5.74, 6) is -10.2. The maximum absolute atomic E-state index is 14.7. The van der Waals surface area contributed by atoms with E-state index in [1.54, 1.807) is 0 Å². The second-order valence-corrected chi connectivity index (χ2v) is 7.44. The molecule has 1 heterocycles. The normalized spacial score (nSPS) is 17.0. The summed E-state index contributed by atoms with van der Waals surface area (Å²) in [5, 5.41) is 67.8. The van der Waals surface area contributed by atoms with E-state index in [0.717, 1.165) is 18.2 Å². The standard InChI is InChI=1S/C22H16F2O10/c23-11-6-14(28)13(27)3-8(11)21-17(5-9-12(26)1-7(25)2-16(9)33-21)34-22(32)10-4-15(29)19(30)20(31)18(10)24/h1-4,6,17,21,25-31H,5H2/t17-,21+/m1/s1. The van der Waals surface area contributed by atoms with E-state index in [-0.39, 0.29) is 17.7 Å². The van der Waals surface area contributed by atoms with Crippen LogP contribution in [0, 0.1) is 11.6 Å². The Morgan fingerprint density at radius 2 is 1.53 bits per heavy atom. The molecule has 0 bridgehead atoms. The van der Waals surface area contributed by atoms with Crippen LogP contribution in [0.15, 0.2) is 30.3 Å². The molecule has 0 amide bonds. The fourth-order valence-electron chi connectivity index (χ4n) is 3.57. The van der Waals surface area contributed by atoms with Crippen LogP contribution in [0.4, 0.5) is 8.78 Å². The number of carbonyl (C=O) groups excluding carboxylic acids is 1. The number of benzene rings is 3. The van der Waals surface area contributed by atoms with Gasteiger partial charge in [-0.15, -0.1) is 0 Å². The van der Waals surface area contributed by atoms with Gasteiger partial charge in [-0.25, -0.2) is 13.6 Å². The van der Waals surface area contributed by atoms with Gasteiger partial charge in [0.2, 0.25) is 5.75 Å². The van der Waals surface area contributed by atoms with Crippen LogP contribution in [0.5, 0.6) is 46.0 Å². The molecule has 0 saturated heterocycles. The lowest BCUT2D eigenvalue weighted by Gasteiger charge is -2.34. The first-order chi connectivity index (χ1) is 16.0. The number of esters is 1. The van der Waals surface area contributed by atoms with E-state index in [2.05, 4.69) is 0 Å². The van der Waals surface area contributed by atoms with Gasteiger partial charge in [0.25, 0.3) is 0 Å². The van der Waals surface area contributed by atoms with Crippen molar-refractivity contribution in [2.45, 2.75) is 18.6 Å². The van der Waals surface area contributed by atoms with Crippen molar-refractivity contribution in [1.82, 2.24) is 0 Å². The second-order valence-electron chi connectivity index (χ2n) is 7.44. The molecule has 34 heavy (non-hydrogen) atoms. The van der Waals surface area contributed by atoms with Gasteiger partial charge >= 0.3 is 5.97 Å². The number of hydrogen-bond acceptors (Lipinski definition) is 10. The molecule has 3 aromatic rings. The molecule has 3 aromatic carbocycles. The minimum atomic E-state index is -1.60. The third-order valence-electron chi connectivity index (χ3n) is 5.24. The Hall–Kier alpha value is -4.61. The zero-order valence-corrected chi connectivity index (χ0v) is 16.9. The van der Waals surface area contributed by atoms with Crippen molar-refractivity contribution >= 4 is 5.97 Å². The summed E-state index contributed by atoms with van der Waals surface area (Å²) in [4.78, 5) is 12.7. The SMILES string of the molecule is O=C(O[C@@H]1Cc2c(O)cc(O)cc2O[C@H]1c1cc(O)c(O)cc1F)c1cc(O)c(O)c(O)c1F. The second kappa shape index (κ2) is 8.06. The van der Waals surface area contributed by atoms with Crippen LogP contribution < -0.4 is 4.74 Å². The lowest BCUT2D eigenvalue weighted by atomic mass is 9.93. The fourth-order valence-corrected chi connectivity index (χ4v) is 3.57. The third-order valence-corrected chi connectivity index (χ3v) is 5.24. The molecular formula is C22H16F2O10. The number of phenols is 7. The molecule has 12 heteroatoms. The minimum absolute atomic E-state index is 0.0483. The van der Waals surface area contributed by atoms with Gasteiger partial charge in [0.05, 0.1) is 0 Å². The summed E-state index contributed by atoms with van der Waals surface area (Å²) in [6.45, 7) is 0. The molecule has 0 aromatic heterocycles. The third kappa shape index (κ3) is 3.74. The van der Waals surface area contributed by atoms with Gasteiger partial charge in [0.1, 0.15) is 34.7 Å². The Morgan fingerprint density at radius 3 is 2.24 bits per heavy atom. The zero-order chi connectivity index (χ0) is 24.9. The summed E-state index contributed by atoms with van der Waals surface area (Å²) in [5.41, 5.74) is -1.31. The van der Waals surface area contributed by atoms with Crippen LogP contribution in [0.25, 0.3) is 0 Å². The lowest BCUT2D eigenvalue weighted by Crippen LogP contribution is -2.35. The molecule has 10 nitrogen and oxygen atoms in total. The highest BCUT2D eigenvalue weighted by atomic mass is 19.1. The Balaban J connectivity index is 1.78. The molecule has 0 unspecified atom stereocenters. The summed E-state index contributed by atoms with van der Waals surface area (Å²) in [6.07, 6.45) is -3.34. The van der Waals surface area contributed by atoms with E-state index in [1.807, 2.05) is 0 Å². The van der Waals surface area contributed by atoms with Crippen molar-refractivity contribution in [2.75, 3.05) is 0 Å². The van der Waals surface area contributed by atoms with E-state index in [1.165, 1.54) is 0 Å². The van der Waals surface area contributed by atoms with E-state index < -0.39 is 81.2 Å². The molecule has 1 aliphatic rings. The van der Waals surface area contributed by atoms with E-state index >= 15 is 0 Å². The average molecular weight is 478 g/mol. The molecule has 178 valence electrons. The number of halogens is 2. The highest BCUT2D eigenvalue weighted by Gasteiger charge is 2.39. The van der Waals surface area contributed by atoms with E-state index in [9.17, 15) is 49.3 Å². The molecule has 0 spiro atoms. The van der Waals surface area contributed by atoms with Gasteiger partial charge in [-0.2, -0.15) is 0 Å². The quantitative estimate of drug-likeness (QED) is 0.219. The molecule has 0 fully saturated rings. The van der Waals surface area contributed by atoms with Gasteiger partial charge in [0.15, 0.2) is 34.9 Å². The smallest absolute Gasteiger partial charge is 0.341 e. The molecule has 0 radical (unpaired) electrons. The highest BCUT2D eigenvalue weighted by molar-refractivity contribution is 5.91. The van der Waals surface area contributed by atoms with Crippen LogP contribution in [0.2, 0.25) is 0 Å². The number of aromatic hydroxyl groups is 7. The van der Waals surface area contributed by atoms with Crippen LogP contribution in [0.1, 0.15) is 27.6 Å². The van der Waals surface area contributed by atoms with Crippen molar-refractivity contribution in [3.05, 3.63) is 58.7 Å². The van der Waals surface area contributed by atoms with Crippen molar-refractivity contribution < 1.29 is 58.8 Å². The number of carbonyl (C=O) groups is 1. The van der Waals surface area contributed by atoms with Crippen molar-refractivity contribution in [3.63, 3.8) is 0 Å². The molecule has 2 atom stereocenters. The maximum Gasteiger partial charge on any atom is 0.341 e. The Morgan fingerprint density at radius 1 is 0.853 bits per heavy atom. The Kier molecular flexibility index (Phi) is 5.36. The number of fused-ring (bicyclic) bond motifs is 1. The van der Waals surface area contributed by atoms with Gasteiger partial charge < -0.3 is 45.2 Å². The molecule has 0 saturated carbocycles. The van der Waals surface area contributed by atoms with Gasteiger partial charge in [0, 0.05) is 41.8 Å². The number of phenolic OH excluding ortho intramolecular Hbond substituents is 7. The van der Waals surface area contributed by atoms with Crippen molar-refractivity contribution in [1.29, 1.82) is 0 Å². The predicted molar refractivity (Wildman–Crippen MR) is 107 cm³/mol. The molecular weight excluding hydrogens is 462 g/mol. The highest BCUT2D eigenvalue weighted by Crippen LogP contribution is 2.45. The lowest BCUT2D eigenvalue weighted by molar-refractivity contribution is -0.0203. The van der Waals surface area contributed by atoms with Crippen LogP contribution in [-0.4, -0.2) is 47.8 Å². The van der Waals surface area contributed by atoms with E-state index in [4.69, 9.17) is 9.47 Å². The summed E-state index contributed by atoms with van der Waals surface area (Å²) >= 11 is 0. The zero-order valence-electron chi connectivity index (χ0n) is 16.9. The largest absolute Gasteiger partial charge is 0.508 e.